The van der Waals surface area contributed by atoms with Gasteiger partial charge in [0.25, 0.3) is 0 Å². The molecule has 2 aliphatic carbocycles. The average molecular weight is 1160 g/mol. The van der Waals surface area contributed by atoms with Gasteiger partial charge in [-0.1, -0.05) is 160 Å². The van der Waals surface area contributed by atoms with Crippen molar-refractivity contribution in [2.45, 2.75) is 170 Å². The van der Waals surface area contributed by atoms with Gasteiger partial charge in [-0.3, -0.25) is 38.4 Å². The smallest absolute Gasteiger partial charge is 0.246 e. The molecular weight excluding hydrogens is 1070 g/mol. The Labute approximate surface area is 501 Å². The van der Waals surface area contributed by atoms with Crippen LogP contribution in [0.15, 0.2) is 121 Å². The van der Waals surface area contributed by atoms with Crippen molar-refractivity contribution >= 4 is 47.3 Å². The Bertz CT molecular complexity index is 2570. The predicted octanol–water partition coefficient (Wildman–Crippen LogP) is 5.57. The summed E-state index contributed by atoms with van der Waals surface area (Å²) in [7, 11) is 3.39. The second kappa shape index (κ2) is 31.6. The number of nitrogens with one attached hydrogen (secondary N) is 8. The number of likely N-dealkylation sites (tertiary alicyclic amines) is 2. The van der Waals surface area contributed by atoms with Gasteiger partial charge in [-0.25, -0.2) is 0 Å². The van der Waals surface area contributed by atoms with Crippen LogP contribution in [0.2, 0.25) is 0 Å². The highest BCUT2D eigenvalue weighted by Crippen LogP contribution is 2.34. The standard InChI is InChI=1S/C67H90N10O8/c1-44(68-3)60(78)72-56(50-34-19-9-20-35-50)66(84)76-42-23-38-52(76)62(80)74-58(54(46-26-11-5-12-27-46)47-28-13-6-14-29-47)64(82)70-40-25-41-71-65(83)59(55(48-30-15-7-16-31-48)49-32-17-8-18-33-49)75-63(81)53-39-24-43-77(53)67(85)57(51-36-21-10-22-37-51)73-61(79)45(2)69-4/h5-8,11-18,26-33,44-45,50-59,68-69H,9-10,19-25,34-43H2,1-4H3,(H,70,82)(H,71,83)(H,72,78)(H,73,79)(H,74,80)(H,75,81)/t44-,45+,52?,53?,56-,57-,58-,59-/m0/s1. The van der Waals surface area contributed by atoms with E-state index in [1.807, 2.05) is 121 Å². The van der Waals surface area contributed by atoms with Crippen LogP contribution < -0.4 is 42.5 Å². The molecule has 0 bridgehead atoms. The van der Waals surface area contributed by atoms with Crippen LogP contribution in [0.4, 0.5) is 0 Å². The third kappa shape index (κ3) is 16.5. The van der Waals surface area contributed by atoms with E-state index in [4.69, 9.17) is 0 Å². The molecule has 4 aromatic rings. The highest BCUT2D eigenvalue weighted by molar-refractivity contribution is 5.97. The van der Waals surface area contributed by atoms with Crippen LogP contribution in [0.25, 0.3) is 0 Å². The van der Waals surface area contributed by atoms with Gasteiger partial charge in [0.05, 0.1) is 12.1 Å². The lowest BCUT2D eigenvalue weighted by Gasteiger charge is -2.36. The first-order chi connectivity index (χ1) is 41.3. The molecule has 2 unspecified atom stereocenters. The molecule has 4 fully saturated rings. The number of benzene rings is 4. The Morgan fingerprint density at radius 3 is 1.04 bits per heavy atom. The molecular formula is C67H90N10O8. The molecule has 8 amide bonds. The molecule has 0 aromatic heterocycles. The summed E-state index contributed by atoms with van der Waals surface area (Å²) in [6.45, 7) is 4.36. The molecule has 0 radical (unpaired) electrons. The van der Waals surface area contributed by atoms with Crippen LogP contribution in [0.3, 0.4) is 0 Å². The van der Waals surface area contributed by atoms with Crippen molar-refractivity contribution in [1.82, 2.24) is 52.3 Å². The van der Waals surface area contributed by atoms with Gasteiger partial charge >= 0.3 is 0 Å². The largest absolute Gasteiger partial charge is 0.354 e. The van der Waals surface area contributed by atoms with Crippen LogP contribution in [0.5, 0.6) is 0 Å². The third-order valence-electron chi connectivity index (χ3n) is 18.1. The summed E-state index contributed by atoms with van der Waals surface area (Å²) in [5.74, 6) is -4.42. The highest BCUT2D eigenvalue weighted by Gasteiger charge is 2.45. The van der Waals surface area contributed by atoms with Gasteiger partial charge in [0, 0.05) is 38.0 Å². The maximum absolute atomic E-state index is 14.9. The zero-order valence-corrected chi connectivity index (χ0v) is 50.1. The van der Waals surface area contributed by atoms with Crippen molar-refractivity contribution in [2.24, 2.45) is 11.8 Å². The normalized spacial score (nSPS) is 19.6. The summed E-state index contributed by atoms with van der Waals surface area (Å²) in [6.07, 6.45) is 11.3. The zero-order valence-electron chi connectivity index (χ0n) is 50.1. The molecule has 4 aromatic carbocycles. The molecule has 85 heavy (non-hydrogen) atoms. The van der Waals surface area contributed by atoms with Gasteiger partial charge in [-0.15, -0.1) is 0 Å². The minimum absolute atomic E-state index is 0.0693. The van der Waals surface area contributed by atoms with Crippen LogP contribution >= 0.6 is 0 Å². The lowest BCUT2D eigenvalue weighted by atomic mass is 9.83. The fourth-order valence-electron chi connectivity index (χ4n) is 13.1. The molecule has 456 valence electrons. The van der Waals surface area contributed by atoms with E-state index in [9.17, 15) is 38.4 Å². The van der Waals surface area contributed by atoms with E-state index in [1.54, 1.807) is 37.7 Å². The van der Waals surface area contributed by atoms with E-state index in [-0.39, 0.29) is 55.0 Å². The van der Waals surface area contributed by atoms with Crippen molar-refractivity contribution in [3.8, 4) is 0 Å². The van der Waals surface area contributed by atoms with E-state index in [0.29, 0.717) is 38.8 Å². The Kier molecular flexibility index (Phi) is 23.7. The fraction of sp³-hybridized carbons (Fsp3) is 0.522. The van der Waals surface area contributed by atoms with Gasteiger partial charge in [0.2, 0.25) is 47.3 Å². The van der Waals surface area contributed by atoms with Crippen LogP contribution in [0.1, 0.15) is 144 Å². The number of hydrogen-bond acceptors (Lipinski definition) is 10. The minimum atomic E-state index is -1.14. The van der Waals surface area contributed by atoms with E-state index < -0.39 is 83.8 Å². The summed E-state index contributed by atoms with van der Waals surface area (Å²) in [6, 6.07) is 31.4. The van der Waals surface area contributed by atoms with Gasteiger partial charge in [0.1, 0.15) is 36.3 Å². The monoisotopic (exact) mass is 1160 g/mol. The third-order valence-corrected chi connectivity index (χ3v) is 18.1. The topological polar surface area (TPSA) is 239 Å². The molecule has 2 saturated carbocycles. The van der Waals surface area contributed by atoms with Gasteiger partial charge in [-0.2, -0.15) is 0 Å². The molecule has 18 heteroatoms. The second-order valence-electron chi connectivity index (χ2n) is 23.7. The van der Waals surface area contributed by atoms with E-state index in [1.165, 1.54) is 0 Å². The molecule has 2 heterocycles. The number of amides is 8. The van der Waals surface area contributed by atoms with Gasteiger partial charge < -0.3 is 52.3 Å². The molecule has 0 spiro atoms. The van der Waals surface area contributed by atoms with Crippen LogP contribution in [0, 0.1) is 11.8 Å². The molecule has 8 N–H and O–H groups in total. The Balaban J connectivity index is 0.999. The number of carbonyl (C=O) groups is 8. The minimum Gasteiger partial charge on any atom is -0.354 e. The van der Waals surface area contributed by atoms with E-state index in [0.717, 1.165) is 86.5 Å². The van der Waals surface area contributed by atoms with E-state index in [2.05, 4.69) is 42.5 Å². The first-order valence-corrected chi connectivity index (χ1v) is 31.2. The summed E-state index contributed by atoms with van der Waals surface area (Å²) >= 11 is 0. The van der Waals surface area contributed by atoms with Gasteiger partial charge in [-0.05, 0) is 120 Å². The maximum atomic E-state index is 14.9. The molecule has 8 atom stereocenters. The quantitative estimate of drug-likeness (QED) is 0.0364. The van der Waals surface area contributed by atoms with Crippen molar-refractivity contribution in [3.05, 3.63) is 144 Å². The molecule has 4 aliphatic rings. The first-order valence-electron chi connectivity index (χ1n) is 31.2. The van der Waals surface area contributed by atoms with Crippen molar-refractivity contribution < 1.29 is 38.4 Å². The number of carbonyl (C=O) groups excluding carboxylic acids is 8. The SMILES string of the molecule is CN[C@@H](C)C(=O)N[C@H](C(=O)N1CCCC1C(=O)N[C@H](C(=O)NCCCNC(=O)[C@@H](NC(=O)C1CCCN1C(=O)[C@@H](NC(=O)[C@@H](C)NC)C1CCCCC1)C(c1ccccc1)c1ccccc1)C(c1ccccc1)c1ccccc1)C1CCCCC1. The Morgan fingerprint density at radius 1 is 0.412 bits per heavy atom. The number of nitrogens with zero attached hydrogens (tertiary/aromatic N) is 2. The van der Waals surface area contributed by atoms with Gasteiger partial charge in [0.15, 0.2) is 0 Å². The molecule has 18 nitrogen and oxygen atoms in total. The number of rotatable bonds is 26. The Hall–Kier alpha value is -7.44. The maximum Gasteiger partial charge on any atom is 0.246 e. The van der Waals surface area contributed by atoms with Crippen molar-refractivity contribution in [1.29, 1.82) is 0 Å². The summed E-state index contributed by atoms with van der Waals surface area (Å²) < 4.78 is 0. The Morgan fingerprint density at radius 2 is 0.729 bits per heavy atom. The number of hydrogen-bond donors (Lipinski definition) is 8. The van der Waals surface area contributed by atoms with Crippen molar-refractivity contribution in [2.75, 3.05) is 40.3 Å². The summed E-state index contributed by atoms with van der Waals surface area (Å²) in [5.41, 5.74) is 3.16. The zero-order chi connectivity index (χ0) is 60.2. The predicted molar refractivity (Wildman–Crippen MR) is 327 cm³/mol. The second-order valence-corrected chi connectivity index (χ2v) is 23.7. The lowest BCUT2D eigenvalue weighted by Crippen LogP contribution is -2.60. The summed E-state index contributed by atoms with van der Waals surface area (Å²) in [5, 5.41) is 24.5. The lowest BCUT2D eigenvalue weighted by molar-refractivity contribution is -0.143. The molecule has 2 saturated heterocycles. The van der Waals surface area contributed by atoms with Crippen LogP contribution in [-0.4, -0.2) is 146 Å². The first kappa shape index (κ1) is 63.6. The average Bonchev–Trinajstić information content (AvgIpc) is 4.09. The number of likely N-dealkylation sites (N-methyl/N-ethyl adjacent to an activating group) is 2. The molecule has 8 rings (SSSR count). The van der Waals surface area contributed by atoms with E-state index >= 15 is 0 Å². The van der Waals surface area contributed by atoms with Crippen molar-refractivity contribution in [3.63, 3.8) is 0 Å². The molecule has 2 aliphatic heterocycles. The fourth-order valence-corrected chi connectivity index (χ4v) is 13.1. The summed E-state index contributed by atoms with van der Waals surface area (Å²) in [4.78, 5) is 119. The highest BCUT2D eigenvalue weighted by atomic mass is 16.2. The van der Waals surface area contributed by atoms with Crippen LogP contribution in [-0.2, 0) is 38.4 Å².